The molecule has 0 saturated carbocycles. The molecular formula is C28H30N4O6S. The topological polar surface area (TPSA) is 172 Å². The average Bonchev–Trinajstić information content (AvgIpc) is 3.35. The van der Waals surface area contributed by atoms with Gasteiger partial charge >= 0.3 is 11.9 Å². The van der Waals surface area contributed by atoms with Crippen molar-refractivity contribution in [2.24, 2.45) is 11.1 Å². The van der Waals surface area contributed by atoms with E-state index in [9.17, 15) is 24.3 Å². The zero-order chi connectivity index (χ0) is 28.9. The van der Waals surface area contributed by atoms with E-state index < -0.39 is 35.2 Å². The van der Waals surface area contributed by atoms with Gasteiger partial charge in [0.05, 0.1) is 11.6 Å². The third kappa shape index (κ3) is 7.29. The summed E-state index contributed by atoms with van der Waals surface area (Å²) in [5, 5.41) is 24.7. The fourth-order valence-electron chi connectivity index (χ4n) is 3.67. The number of carboxylic acid groups (broad SMARTS) is 1. The van der Waals surface area contributed by atoms with Gasteiger partial charge in [0.25, 0.3) is 11.8 Å². The Hall–Kier alpha value is -4.51. The van der Waals surface area contributed by atoms with Crippen LogP contribution < -0.4 is 16.4 Å². The number of carboxylic acids is 1. The van der Waals surface area contributed by atoms with Crippen LogP contribution in [0.5, 0.6) is 0 Å². The fraction of sp³-hybridized carbons (Fsp3) is 0.250. The minimum Gasteiger partial charge on any atom is -0.478 e. The van der Waals surface area contributed by atoms with Gasteiger partial charge in [-0.15, -0.1) is 11.3 Å². The molecule has 1 atom stereocenters. The molecule has 0 bridgehead atoms. The molecule has 10 nitrogen and oxygen atoms in total. The zero-order valence-electron chi connectivity index (χ0n) is 22.0. The van der Waals surface area contributed by atoms with Gasteiger partial charge in [-0.3, -0.25) is 19.8 Å². The van der Waals surface area contributed by atoms with Gasteiger partial charge < -0.3 is 26.2 Å². The molecule has 0 aliphatic rings. The van der Waals surface area contributed by atoms with E-state index in [1.807, 2.05) is 20.8 Å². The van der Waals surface area contributed by atoms with Gasteiger partial charge in [-0.25, -0.2) is 4.79 Å². The van der Waals surface area contributed by atoms with Gasteiger partial charge in [0.15, 0.2) is 0 Å². The Kier molecular flexibility index (Phi) is 8.87. The van der Waals surface area contributed by atoms with E-state index >= 15 is 0 Å². The van der Waals surface area contributed by atoms with Crippen LogP contribution in [0.15, 0.2) is 53.9 Å². The molecular weight excluding hydrogens is 520 g/mol. The van der Waals surface area contributed by atoms with E-state index in [1.54, 1.807) is 35.7 Å². The van der Waals surface area contributed by atoms with Crippen LogP contribution in [0.3, 0.4) is 0 Å². The molecule has 0 unspecified atom stereocenters. The Morgan fingerprint density at radius 1 is 1.00 bits per heavy atom. The first kappa shape index (κ1) is 29.1. The summed E-state index contributed by atoms with van der Waals surface area (Å²) in [4.78, 5) is 49.9. The number of benzene rings is 2. The maximum Gasteiger partial charge on any atom is 0.336 e. The summed E-state index contributed by atoms with van der Waals surface area (Å²) in [5.41, 5.74) is 6.68. The molecule has 0 radical (unpaired) electrons. The molecule has 1 heterocycles. The monoisotopic (exact) mass is 550 g/mol. The maximum atomic E-state index is 13.1. The smallest absolute Gasteiger partial charge is 0.336 e. The average molecular weight is 551 g/mol. The number of rotatable bonds is 9. The van der Waals surface area contributed by atoms with Gasteiger partial charge in [-0.2, -0.15) is 0 Å². The van der Waals surface area contributed by atoms with Gasteiger partial charge in [-0.05, 0) is 58.8 Å². The molecule has 0 spiro atoms. The summed E-state index contributed by atoms with van der Waals surface area (Å²) in [6.45, 7) is 6.90. The summed E-state index contributed by atoms with van der Waals surface area (Å²) < 4.78 is 5.09. The van der Waals surface area contributed by atoms with Crippen molar-refractivity contribution in [3.8, 4) is 11.1 Å². The summed E-state index contributed by atoms with van der Waals surface area (Å²) >= 11 is 1.15. The van der Waals surface area contributed by atoms with Crippen LogP contribution in [0.25, 0.3) is 11.1 Å². The normalized spacial score (nSPS) is 11.8. The molecule has 1 aromatic heterocycles. The highest BCUT2D eigenvalue weighted by Crippen LogP contribution is 2.32. The van der Waals surface area contributed by atoms with Crippen LogP contribution in [-0.2, 0) is 9.53 Å². The number of hydrogen-bond donors (Lipinski definition) is 5. The van der Waals surface area contributed by atoms with E-state index in [1.165, 1.54) is 25.1 Å². The molecule has 0 fully saturated rings. The lowest BCUT2D eigenvalue weighted by Gasteiger charge is -2.31. The Bertz CT molecular complexity index is 1420. The number of anilines is 1. The molecule has 0 saturated heterocycles. The number of carbonyl (C=O) groups is 4. The van der Waals surface area contributed by atoms with E-state index in [0.717, 1.165) is 11.3 Å². The van der Waals surface area contributed by atoms with Crippen LogP contribution in [0.1, 0.15) is 63.6 Å². The first-order valence-corrected chi connectivity index (χ1v) is 12.8. The molecule has 3 rings (SSSR count). The second kappa shape index (κ2) is 11.9. The number of aromatic carboxylic acids is 1. The van der Waals surface area contributed by atoms with E-state index in [-0.39, 0.29) is 29.1 Å². The van der Waals surface area contributed by atoms with E-state index in [2.05, 4.69) is 10.6 Å². The number of thiophene rings is 1. The van der Waals surface area contributed by atoms with Gasteiger partial charge in [-0.1, -0.05) is 26.8 Å². The summed E-state index contributed by atoms with van der Waals surface area (Å²) in [7, 11) is 0. The number of nitrogens with two attached hydrogens (primary N) is 1. The number of hydrogen-bond acceptors (Lipinski definition) is 7. The van der Waals surface area contributed by atoms with Crippen LogP contribution in [0, 0.1) is 10.8 Å². The second-order valence-corrected chi connectivity index (χ2v) is 10.8. The van der Waals surface area contributed by atoms with Crippen molar-refractivity contribution in [1.82, 2.24) is 5.32 Å². The van der Waals surface area contributed by atoms with Crippen molar-refractivity contribution in [3.05, 3.63) is 75.5 Å². The maximum absolute atomic E-state index is 13.1. The lowest BCUT2D eigenvalue weighted by molar-refractivity contribution is -0.142. The van der Waals surface area contributed by atoms with Crippen molar-refractivity contribution in [3.63, 3.8) is 0 Å². The van der Waals surface area contributed by atoms with Crippen LogP contribution in [-0.4, -0.2) is 47.3 Å². The van der Waals surface area contributed by atoms with E-state index in [4.69, 9.17) is 15.9 Å². The van der Waals surface area contributed by atoms with Gasteiger partial charge in [0.1, 0.15) is 17.3 Å². The number of ether oxygens (including phenoxy) is 1. The Labute approximate surface area is 229 Å². The minimum atomic E-state index is -1.26. The highest BCUT2D eigenvalue weighted by atomic mass is 32.1. The third-order valence-corrected chi connectivity index (χ3v) is 6.84. The number of carbonyl (C=O) groups excluding carboxylic acids is 3. The minimum absolute atomic E-state index is 0.0285. The Morgan fingerprint density at radius 2 is 1.64 bits per heavy atom. The first-order chi connectivity index (χ1) is 18.3. The molecule has 39 heavy (non-hydrogen) atoms. The standard InChI is InChI=1S/C28H30N4O6S/c1-15(33)38-14-22(28(2,3)4)32-25(34)17-7-10-19(21(13-17)27(36)37)20-11-12-39-23(20)26(35)31-18-8-5-16(6-9-18)24(29)30/h5-13,22H,14H2,1-4H3,(H3,29,30)(H,31,35)(H,32,34)(H,36,37)/t22-/m1/s1. The first-order valence-electron chi connectivity index (χ1n) is 11.9. The summed E-state index contributed by atoms with van der Waals surface area (Å²) in [6, 6.07) is 11.8. The predicted octanol–water partition coefficient (Wildman–Crippen LogP) is 4.36. The van der Waals surface area contributed by atoms with Gasteiger partial charge in [0.2, 0.25) is 0 Å². The third-order valence-electron chi connectivity index (χ3n) is 5.93. The lowest BCUT2D eigenvalue weighted by atomic mass is 9.87. The summed E-state index contributed by atoms with van der Waals surface area (Å²) in [5.74, 6) is -2.78. The van der Waals surface area contributed by atoms with Crippen LogP contribution in [0.2, 0.25) is 0 Å². The Balaban J connectivity index is 1.88. The van der Waals surface area contributed by atoms with Crippen molar-refractivity contribution >= 4 is 46.6 Å². The molecule has 2 aromatic carbocycles. The van der Waals surface area contributed by atoms with Crippen LogP contribution >= 0.6 is 11.3 Å². The summed E-state index contributed by atoms with van der Waals surface area (Å²) in [6.07, 6.45) is 0. The quantitative estimate of drug-likeness (QED) is 0.150. The highest BCUT2D eigenvalue weighted by molar-refractivity contribution is 7.12. The number of nitrogen functional groups attached to an aromatic ring is 1. The second-order valence-electron chi connectivity index (χ2n) is 9.87. The fourth-order valence-corrected chi connectivity index (χ4v) is 4.47. The van der Waals surface area contributed by atoms with Crippen LogP contribution in [0.4, 0.5) is 5.69 Å². The SMILES string of the molecule is CC(=O)OC[C@@H](NC(=O)c1ccc(-c2ccsc2C(=O)Nc2ccc(C(=N)N)cc2)c(C(=O)O)c1)C(C)(C)C. The molecule has 6 N–H and O–H groups in total. The molecule has 11 heteroatoms. The van der Waals surface area contributed by atoms with E-state index in [0.29, 0.717) is 21.7 Å². The van der Waals surface area contributed by atoms with Crippen molar-refractivity contribution in [2.45, 2.75) is 33.7 Å². The van der Waals surface area contributed by atoms with Crippen molar-refractivity contribution < 1.29 is 29.0 Å². The number of amidine groups is 1. The predicted molar refractivity (Wildman–Crippen MR) is 149 cm³/mol. The molecule has 3 aromatic rings. The largest absolute Gasteiger partial charge is 0.478 e. The number of esters is 1. The molecule has 2 amide bonds. The molecule has 0 aliphatic carbocycles. The zero-order valence-corrected chi connectivity index (χ0v) is 22.8. The number of nitrogens with one attached hydrogen (secondary N) is 3. The lowest BCUT2D eigenvalue weighted by Crippen LogP contribution is -2.47. The molecule has 204 valence electrons. The van der Waals surface area contributed by atoms with Gasteiger partial charge in [0, 0.05) is 29.3 Å². The van der Waals surface area contributed by atoms with Crippen molar-refractivity contribution in [2.75, 3.05) is 11.9 Å². The molecule has 0 aliphatic heterocycles. The van der Waals surface area contributed by atoms with Crippen molar-refractivity contribution in [1.29, 1.82) is 5.41 Å². The number of amides is 2. The highest BCUT2D eigenvalue weighted by Gasteiger charge is 2.28. The Morgan fingerprint density at radius 3 is 2.21 bits per heavy atom.